The lowest BCUT2D eigenvalue weighted by Gasteiger charge is -2.31. The van der Waals surface area contributed by atoms with Gasteiger partial charge in [-0.15, -0.1) is 0 Å². The number of hydrogen-bond acceptors (Lipinski definition) is 1. The van der Waals surface area contributed by atoms with Gasteiger partial charge >= 0.3 is 6.16 Å². The predicted molar refractivity (Wildman–Crippen MR) is 76.0 cm³/mol. The Balaban J connectivity index is 0.000000297. The van der Waals surface area contributed by atoms with Crippen molar-refractivity contribution < 1.29 is 15.0 Å². The van der Waals surface area contributed by atoms with Crippen LogP contribution in [0.3, 0.4) is 0 Å². The SMILES string of the molecule is CC(C)=C1CC=CC2=C1c1ccccc12.O=C(O)O. The molecule has 19 heavy (non-hydrogen) atoms. The molecular weight excluding hydrogens is 240 g/mol. The van der Waals surface area contributed by atoms with Crippen molar-refractivity contribution in [3.63, 3.8) is 0 Å². The van der Waals surface area contributed by atoms with Crippen molar-refractivity contribution in [1.82, 2.24) is 0 Å². The summed E-state index contributed by atoms with van der Waals surface area (Å²) in [4.78, 5) is 8.56. The Kier molecular flexibility index (Phi) is 3.56. The summed E-state index contributed by atoms with van der Waals surface area (Å²) in [5.74, 6) is 0. The third-order valence-electron chi connectivity index (χ3n) is 3.27. The smallest absolute Gasteiger partial charge is 0.450 e. The summed E-state index contributed by atoms with van der Waals surface area (Å²) in [5.41, 5.74) is 8.75. The second-order valence-corrected chi connectivity index (χ2v) is 4.70. The summed E-state index contributed by atoms with van der Waals surface area (Å²) in [6.45, 7) is 4.42. The first-order valence-electron chi connectivity index (χ1n) is 6.11. The van der Waals surface area contributed by atoms with Crippen molar-refractivity contribution in [3.8, 4) is 0 Å². The normalized spacial score (nSPS) is 14.7. The van der Waals surface area contributed by atoms with Crippen LogP contribution in [0, 0.1) is 0 Å². The fourth-order valence-corrected chi connectivity index (χ4v) is 2.50. The Morgan fingerprint density at radius 2 is 1.68 bits per heavy atom. The summed E-state index contributed by atoms with van der Waals surface area (Å²) in [5, 5.41) is 13.9. The van der Waals surface area contributed by atoms with E-state index in [0.717, 1.165) is 6.42 Å². The van der Waals surface area contributed by atoms with Gasteiger partial charge in [-0.3, -0.25) is 0 Å². The van der Waals surface area contributed by atoms with E-state index in [1.807, 2.05) is 0 Å². The van der Waals surface area contributed by atoms with Crippen LogP contribution in [0.1, 0.15) is 31.4 Å². The van der Waals surface area contributed by atoms with Gasteiger partial charge in [0, 0.05) is 0 Å². The van der Waals surface area contributed by atoms with Crippen LogP contribution in [0.5, 0.6) is 0 Å². The maximum absolute atomic E-state index is 8.56. The number of rotatable bonds is 0. The van der Waals surface area contributed by atoms with Gasteiger partial charge in [0.15, 0.2) is 0 Å². The molecule has 2 aliphatic rings. The van der Waals surface area contributed by atoms with Crippen LogP contribution in [0.2, 0.25) is 0 Å². The Morgan fingerprint density at radius 3 is 2.26 bits per heavy atom. The highest BCUT2D eigenvalue weighted by molar-refractivity contribution is 6.14. The van der Waals surface area contributed by atoms with E-state index in [2.05, 4.69) is 50.3 Å². The zero-order valence-electron chi connectivity index (χ0n) is 11.0. The molecule has 0 aromatic heterocycles. The topological polar surface area (TPSA) is 57.5 Å². The van der Waals surface area contributed by atoms with Gasteiger partial charge < -0.3 is 10.2 Å². The van der Waals surface area contributed by atoms with Gasteiger partial charge in [-0.25, -0.2) is 4.79 Å². The van der Waals surface area contributed by atoms with E-state index in [9.17, 15) is 0 Å². The first-order chi connectivity index (χ1) is 9.02. The highest BCUT2D eigenvalue weighted by atomic mass is 16.6. The number of hydrogen-bond donors (Lipinski definition) is 2. The lowest BCUT2D eigenvalue weighted by Crippen LogP contribution is -2.10. The molecule has 2 aliphatic carbocycles. The van der Waals surface area contributed by atoms with Crippen LogP contribution in [0.25, 0.3) is 11.1 Å². The van der Waals surface area contributed by atoms with Crippen molar-refractivity contribution in [2.24, 2.45) is 0 Å². The molecule has 0 aliphatic heterocycles. The monoisotopic (exact) mass is 256 g/mol. The largest absolute Gasteiger partial charge is 0.503 e. The van der Waals surface area contributed by atoms with E-state index in [0.29, 0.717) is 0 Å². The van der Waals surface area contributed by atoms with Crippen LogP contribution >= 0.6 is 0 Å². The fraction of sp³-hybridized carbons (Fsp3) is 0.188. The third-order valence-corrected chi connectivity index (χ3v) is 3.27. The zero-order chi connectivity index (χ0) is 14.0. The molecule has 0 unspecified atom stereocenters. The average molecular weight is 256 g/mol. The lowest BCUT2D eigenvalue weighted by atomic mass is 9.72. The third kappa shape index (κ3) is 2.45. The predicted octanol–water partition coefficient (Wildman–Crippen LogP) is 4.43. The van der Waals surface area contributed by atoms with Crippen LogP contribution in [-0.2, 0) is 0 Å². The average Bonchev–Trinajstić information content (AvgIpc) is 2.34. The first kappa shape index (κ1) is 13.1. The molecule has 1 aromatic rings. The molecule has 3 nitrogen and oxygen atoms in total. The maximum atomic E-state index is 8.56. The summed E-state index contributed by atoms with van der Waals surface area (Å²) in [7, 11) is 0. The van der Waals surface area contributed by atoms with Gasteiger partial charge in [0.2, 0.25) is 0 Å². The van der Waals surface area contributed by atoms with Crippen molar-refractivity contribution >= 4 is 17.3 Å². The van der Waals surface area contributed by atoms with Gasteiger partial charge in [0.1, 0.15) is 0 Å². The van der Waals surface area contributed by atoms with Gasteiger partial charge in [-0.05, 0) is 48.1 Å². The molecule has 0 radical (unpaired) electrons. The number of fused-ring (bicyclic) bond motifs is 3. The van der Waals surface area contributed by atoms with Crippen LogP contribution < -0.4 is 0 Å². The number of allylic oxidation sites excluding steroid dienone is 6. The number of carboxylic acid groups (broad SMARTS) is 2. The molecule has 0 saturated heterocycles. The molecule has 0 atom stereocenters. The number of benzene rings is 1. The standard InChI is InChI=1S/C15H14.CH2O3/c1-10(2)11-8-5-9-14-12-6-3-4-7-13(12)15(11)14;2-1(3)4/h3-7,9H,8H2,1-2H3;(H2,2,3,4). The summed E-state index contributed by atoms with van der Waals surface area (Å²) in [6, 6.07) is 8.69. The molecule has 1 aromatic carbocycles. The van der Waals surface area contributed by atoms with E-state index >= 15 is 0 Å². The molecule has 2 N–H and O–H groups in total. The van der Waals surface area contributed by atoms with Crippen molar-refractivity contribution in [2.75, 3.05) is 0 Å². The van der Waals surface area contributed by atoms with Gasteiger partial charge in [-0.1, -0.05) is 42.0 Å². The molecular formula is C16H16O3. The highest BCUT2D eigenvalue weighted by Gasteiger charge is 2.27. The highest BCUT2D eigenvalue weighted by Crippen LogP contribution is 2.48. The van der Waals surface area contributed by atoms with E-state index in [1.165, 1.54) is 33.4 Å². The van der Waals surface area contributed by atoms with E-state index in [4.69, 9.17) is 15.0 Å². The zero-order valence-corrected chi connectivity index (χ0v) is 11.0. The van der Waals surface area contributed by atoms with E-state index < -0.39 is 6.16 Å². The summed E-state index contributed by atoms with van der Waals surface area (Å²) in [6.07, 6.45) is 3.80. The summed E-state index contributed by atoms with van der Waals surface area (Å²) < 4.78 is 0. The van der Waals surface area contributed by atoms with E-state index in [1.54, 1.807) is 0 Å². The molecule has 0 bridgehead atoms. The molecule has 98 valence electrons. The molecule has 3 rings (SSSR count). The van der Waals surface area contributed by atoms with Crippen molar-refractivity contribution in [3.05, 3.63) is 58.7 Å². The Morgan fingerprint density at radius 1 is 1.11 bits per heavy atom. The minimum atomic E-state index is -1.83. The lowest BCUT2D eigenvalue weighted by molar-refractivity contribution is 0.137. The Labute approximate surface area is 112 Å². The molecule has 3 heteroatoms. The number of carbonyl (C=O) groups is 1. The minimum absolute atomic E-state index is 1.09. The van der Waals surface area contributed by atoms with Gasteiger partial charge in [0.25, 0.3) is 0 Å². The summed E-state index contributed by atoms with van der Waals surface area (Å²) >= 11 is 0. The van der Waals surface area contributed by atoms with Crippen LogP contribution in [-0.4, -0.2) is 16.4 Å². The maximum Gasteiger partial charge on any atom is 0.503 e. The van der Waals surface area contributed by atoms with Crippen molar-refractivity contribution in [1.29, 1.82) is 0 Å². The Hall–Kier alpha value is -2.29. The van der Waals surface area contributed by atoms with Gasteiger partial charge in [0.05, 0.1) is 0 Å². The minimum Gasteiger partial charge on any atom is -0.450 e. The Bertz CT molecular complexity index is 611. The first-order valence-corrected chi connectivity index (χ1v) is 6.11. The van der Waals surface area contributed by atoms with Crippen molar-refractivity contribution in [2.45, 2.75) is 20.3 Å². The second-order valence-electron chi connectivity index (χ2n) is 4.70. The van der Waals surface area contributed by atoms with Gasteiger partial charge in [-0.2, -0.15) is 0 Å². The molecule has 0 fully saturated rings. The quantitative estimate of drug-likeness (QED) is 0.722. The molecule has 0 amide bonds. The van der Waals surface area contributed by atoms with Crippen LogP contribution in [0.4, 0.5) is 4.79 Å². The second kappa shape index (κ2) is 5.14. The molecule has 0 spiro atoms. The molecule has 0 heterocycles. The van der Waals surface area contributed by atoms with E-state index in [-0.39, 0.29) is 0 Å². The molecule has 0 saturated carbocycles. The fourth-order valence-electron chi connectivity index (χ4n) is 2.50. The van der Waals surface area contributed by atoms with Crippen LogP contribution in [0.15, 0.2) is 47.6 Å².